The first-order valence-electron chi connectivity index (χ1n) is 45.7. The molecule has 6 saturated heterocycles. The minimum atomic E-state index is -0.895. The van der Waals surface area contributed by atoms with E-state index in [0.29, 0.717) is 114 Å². The maximum atomic E-state index is 15.4. The lowest BCUT2D eigenvalue weighted by Crippen LogP contribution is -2.59. The Kier molecular flexibility index (Phi) is 29.7. The Morgan fingerprint density at radius 3 is 1.04 bits per heavy atom. The summed E-state index contributed by atoms with van der Waals surface area (Å²) in [6, 6.07) is 10.2. The van der Waals surface area contributed by atoms with E-state index in [0.717, 1.165) is 128 Å². The fourth-order valence-corrected chi connectivity index (χ4v) is 21.5. The van der Waals surface area contributed by atoms with E-state index in [-0.39, 0.29) is 146 Å². The van der Waals surface area contributed by atoms with Crippen LogP contribution in [0.1, 0.15) is 114 Å². The summed E-state index contributed by atoms with van der Waals surface area (Å²) >= 11 is 39.1. The third-order valence-electron chi connectivity index (χ3n) is 28.0. The Balaban J connectivity index is 0.000000149. The minimum absolute atomic E-state index is 0.0245. The molecule has 3 spiro atoms. The van der Waals surface area contributed by atoms with E-state index in [2.05, 4.69) is 94.0 Å². The number of esters is 2. The topological polar surface area (TPSA) is 245 Å². The summed E-state index contributed by atoms with van der Waals surface area (Å²) in [6.45, 7) is 36.8. The van der Waals surface area contributed by atoms with E-state index >= 15 is 13.2 Å². The van der Waals surface area contributed by atoms with Crippen LogP contribution in [0.4, 0.5) is 48.6 Å². The van der Waals surface area contributed by atoms with Gasteiger partial charge in [-0.2, -0.15) is 15.0 Å². The number of rotatable bonds is 9. The number of amides is 2. The predicted molar refractivity (Wildman–Crippen MR) is 522 cm³/mol. The van der Waals surface area contributed by atoms with Gasteiger partial charge in [0.25, 0.3) is 0 Å². The zero-order valence-electron chi connectivity index (χ0n) is 78.4. The molecule has 732 valence electrons. The number of halogens is 12. The molecule has 137 heavy (non-hydrogen) atoms. The van der Waals surface area contributed by atoms with Gasteiger partial charge in [0.2, 0.25) is 5.91 Å². The molecule has 3 aromatic heterocycles. The van der Waals surface area contributed by atoms with Crippen molar-refractivity contribution in [3.63, 3.8) is 0 Å². The van der Waals surface area contributed by atoms with Crippen LogP contribution in [0.2, 0.25) is 30.1 Å². The van der Waals surface area contributed by atoms with Gasteiger partial charge in [-0.05, 0) is 216 Å². The lowest BCUT2D eigenvalue weighted by atomic mass is 9.79. The summed E-state index contributed by atoms with van der Waals surface area (Å²) in [5.41, 5.74) is -0.861. The molecule has 38 heteroatoms. The highest BCUT2D eigenvalue weighted by molar-refractivity contribution is 6.37. The highest BCUT2D eigenvalue weighted by Gasteiger charge is 2.47. The van der Waals surface area contributed by atoms with Crippen LogP contribution in [0.3, 0.4) is 0 Å². The second-order valence-electron chi connectivity index (χ2n) is 39.2. The van der Waals surface area contributed by atoms with Gasteiger partial charge >= 0.3 is 35.1 Å². The third kappa shape index (κ3) is 20.5. The van der Waals surface area contributed by atoms with Crippen molar-refractivity contribution in [3.8, 4) is 50.6 Å². The summed E-state index contributed by atoms with van der Waals surface area (Å²) in [5.74, 6) is -4.24. The molecule has 0 N–H and O–H groups in total. The molecule has 9 aliphatic rings. The number of nitrogens with zero attached hydrogens (tertiary/aromatic N) is 14. The molecule has 0 saturated carbocycles. The number of carbonyl (C=O) groups is 4. The van der Waals surface area contributed by atoms with Gasteiger partial charge in [0.1, 0.15) is 58.0 Å². The van der Waals surface area contributed by atoms with Gasteiger partial charge in [-0.25, -0.2) is 55.1 Å². The molecule has 0 aliphatic carbocycles. The Morgan fingerprint density at radius 2 is 0.730 bits per heavy atom. The molecule has 6 atom stereocenters. The number of benzene rings is 6. The molecule has 0 radical (unpaired) electrons. The van der Waals surface area contributed by atoms with Gasteiger partial charge < -0.3 is 62.9 Å². The van der Waals surface area contributed by atoms with E-state index < -0.39 is 69.9 Å². The molecule has 9 aromatic rings. The van der Waals surface area contributed by atoms with Crippen LogP contribution >= 0.6 is 69.6 Å². The zero-order valence-corrected chi connectivity index (χ0v) is 82.9. The van der Waals surface area contributed by atoms with Crippen molar-refractivity contribution in [2.24, 2.45) is 22.2 Å². The first-order chi connectivity index (χ1) is 64.8. The van der Waals surface area contributed by atoms with Crippen LogP contribution in [-0.4, -0.2) is 226 Å². The number of carbonyl (C=O) groups excluding carboxylic acids is 4. The Morgan fingerprint density at radius 1 is 0.416 bits per heavy atom. The molecule has 0 bridgehead atoms. The van der Waals surface area contributed by atoms with E-state index in [4.69, 9.17) is 88.6 Å². The molecule has 12 heterocycles. The zero-order chi connectivity index (χ0) is 99.0. The molecule has 9 aliphatic heterocycles. The van der Waals surface area contributed by atoms with Crippen molar-refractivity contribution in [3.05, 3.63) is 189 Å². The molecule has 6 aromatic carbocycles. The number of hydrogen-bond donors (Lipinski definition) is 0. The van der Waals surface area contributed by atoms with Gasteiger partial charge in [-0.15, -0.1) is 0 Å². The molecule has 6 fully saturated rings. The first kappa shape index (κ1) is 101. The highest BCUT2D eigenvalue weighted by Crippen LogP contribution is 2.55. The van der Waals surface area contributed by atoms with E-state index in [1.807, 2.05) is 58.3 Å². The summed E-state index contributed by atoms with van der Waals surface area (Å²) in [4.78, 5) is 118. The molecule has 18 rings (SSSR count). The molecular formula is C99H110Cl6F6N14O12. The SMILES string of the molecule is C=CC(=O)N1C[C@H](C)N(c2nc(=O)n3c4c(c(-c5cc(Cl)c(F)cc5F)c(Cl)cc24)OCC2(CCN(C)CC2)C3)C[C@H]1C.C=CC(=O)OC(=O)C=C.C[C@@H]1CN(c2nc(=O)n3c4c(c(-c5cc(Cl)c(F)cc5F)c(Cl)cc24)OCC2(CCN(C)CC2)C3)[C@@H](C)CN1C(=O)OC(C)(C)C.C[C@H]1CC[C@H](C)N(c2nc(=O)n3c4c(c(-c5cc(Cl)c(F)cc5F)c(Cl)cc24)OCC2(CCN(C)CC2)C3)C1. The van der Waals surface area contributed by atoms with Crippen molar-refractivity contribution >= 4 is 144 Å². The number of ether oxygens (including phenoxy) is 5. The Bertz CT molecular complexity index is 6520. The molecule has 2 amide bonds. The number of hydrogen-bond acceptors (Lipinski definition) is 21. The van der Waals surface area contributed by atoms with Crippen LogP contribution in [0.5, 0.6) is 17.2 Å². The normalized spacial score (nSPS) is 21.3. The van der Waals surface area contributed by atoms with E-state index in [1.165, 1.54) is 24.3 Å². The fourth-order valence-electron chi connectivity index (χ4n) is 20.1. The summed E-state index contributed by atoms with van der Waals surface area (Å²) in [6.07, 6.45) is 9.63. The number of anilines is 3. The van der Waals surface area contributed by atoms with Crippen LogP contribution in [0.15, 0.2) is 107 Å². The summed E-state index contributed by atoms with van der Waals surface area (Å²) < 4.78 is 123. The number of likely N-dealkylation sites (tertiary alicyclic amines) is 3. The largest absolute Gasteiger partial charge is 0.490 e. The summed E-state index contributed by atoms with van der Waals surface area (Å²) in [7, 11) is 6.20. The van der Waals surface area contributed by atoms with Crippen molar-refractivity contribution in [2.45, 2.75) is 169 Å². The van der Waals surface area contributed by atoms with Crippen LogP contribution in [-0.2, 0) is 43.5 Å². The van der Waals surface area contributed by atoms with Gasteiger partial charge in [0, 0.05) is 179 Å². The quantitative estimate of drug-likeness (QED) is 0.0428. The lowest BCUT2D eigenvalue weighted by Gasteiger charge is -2.45. The minimum Gasteiger partial charge on any atom is -0.490 e. The maximum Gasteiger partial charge on any atom is 0.410 e. The third-order valence-corrected chi connectivity index (χ3v) is 29.8. The number of piperidine rings is 4. The average molecular weight is 2010 g/mol. The van der Waals surface area contributed by atoms with Crippen molar-refractivity contribution in [1.82, 2.24) is 53.2 Å². The van der Waals surface area contributed by atoms with Crippen molar-refractivity contribution in [2.75, 3.05) is 128 Å². The molecular weight excluding hydrogens is 1900 g/mol. The van der Waals surface area contributed by atoms with Crippen molar-refractivity contribution in [1.29, 1.82) is 0 Å². The van der Waals surface area contributed by atoms with Gasteiger partial charge in [-0.3, -0.25) is 18.5 Å². The van der Waals surface area contributed by atoms with Gasteiger partial charge in [0.05, 0.1) is 66.5 Å². The number of aromatic nitrogens is 6. The van der Waals surface area contributed by atoms with E-state index in [9.17, 15) is 46.7 Å². The van der Waals surface area contributed by atoms with Crippen LogP contribution in [0.25, 0.3) is 66.1 Å². The molecule has 0 unspecified atom stereocenters. The second kappa shape index (κ2) is 40.2. The van der Waals surface area contributed by atoms with Gasteiger partial charge in [0.15, 0.2) is 17.2 Å². The molecule has 26 nitrogen and oxygen atoms in total. The van der Waals surface area contributed by atoms with Gasteiger partial charge in [-0.1, -0.05) is 96.3 Å². The first-order valence-corrected chi connectivity index (χ1v) is 48.0. The monoisotopic (exact) mass is 2010 g/mol. The lowest BCUT2D eigenvalue weighted by molar-refractivity contribution is -0.152. The smallest absolute Gasteiger partial charge is 0.410 e. The number of piperazine rings is 2. The fraction of sp³-hybridized carbons (Fsp3) is 0.475. The van der Waals surface area contributed by atoms with Crippen LogP contribution in [0, 0.1) is 57.1 Å². The Labute approximate surface area is 819 Å². The average Bonchev–Trinajstić information content (AvgIpc) is 1.70. The predicted octanol–water partition coefficient (Wildman–Crippen LogP) is 18.8. The standard InChI is InChI=1S/C33H39Cl2F2N5O4.C31H33Cl2F2N5O3.C29H32Cl2F2N4O2.C6H6O3/c1-18-15-41(31(44)46-32(3,4)5)19(2)14-40(18)29-21-12-23(35)26(20-11-22(34)25(37)13-24(20)36)28-27(21)42(30(43)38-29)16-33(17-45-28)7-9-39(6)10-8-33;1-5-25(41)38-13-18(3)39(14-17(38)2)29-20-11-22(33)26(19-10-21(32)24(35)12-23(19)34)28-27(20)40(30(42)36-29)15-31(16-43-28)6-8-37(4)9-7-31;1-16-4-5-17(2)36(13-16)27-19-11-21(31)24(18-10-20(30)23(33)12-22(18)32)26-25(19)37(28(38)34-27)14-29(15-39-26)6-8-35(3)9-7-29;1-3-5(7)9-6(8)4-2/h11-13,18-19H,7-10,14-17H2,1-6H3;5,10-12,17-18H,1,6-9,13-16H2,2-4H3;10-12,16-17H,4-9,13-15H2,1-3H3;3-4H,1-2H2/t18-,19+;17-,18+;16-,17-;/m010./s1. The van der Waals surface area contributed by atoms with Crippen LogP contribution < -0.4 is 46.0 Å². The van der Waals surface area contributed by atoms with E-state index in [1.54, 1.807) is 41.7 Å². The Hall–Kier alpha value is -10.2. The highest BCUT2D eigenvalue weighted by atomic mass is 35.5. The maximum absolute atomic E-state index is 15.4. The second-order valence-corrected chi connectivity index (χ2v) is 41.6. The summed E-state index contributed by atoms with van der Waals surface area (Å²) in [5, 5.41) is 1.60. The van der Waals surface area contributed by atoms with Crippen molar-refractivity contribution < 1.29 is 69.2 Å².